The normalized spacial score (nSPS) is 63.2. The van der Waals surface area contributed by atoms with E-state index in [4.69, 9.17) is 4.84 Å². The van der Waals surface area contributed by atoms with Crippen molar-refractivity contribution in [2.45, 2.75) is 37.5 Å². The molecule has 3 fully saturated rings. The minimum Gasteiger partial charge on any atom is -0.762 e. The van der Waals surface area contributed by atoms with Gasteiger partial charge in [-0.1, -0.05) is 0 Å². The van der Waals surface area contributed by atoms with Gasteiger partial charge in [0, 0.05) is 12.0 Å². The topological polar surface area (TPSA) is 55.8 Å². The second kappa shape index (κ2) is 1.85. The van der Waals surface area contributed by atoms with Crippen LogP contribution in [0.2, 0.25) is 0 Å². The third-order valence-electron chi connectivity index (χ3n) is 3.89. The van der Waals surface area contributed by atoms with Crippen LogP contribution in [-0.4, -0.2) is 28.1 Å². The van der Waals surface area contributed by atoms with Gasteiger partial charge in [0.25, 0.3) is 0 Å². The quantitative estimate of drug-likeness (QED) is 0.566. The second-order valence-electron chi connectivity index (χ2n) is 4.41. The SMILES string of the molecule is CC12ON([O-])C3CC(CC31)C2O. The largest absolute Gasteiger partial charge is 0.762 e. The summed E-state index contributed by atoms with van der Waals surface area (Å²) < 4.78 is 0. The lowest BCUT2D eigenvalue weighted by molar-refractivity contribution is -0.193. The Balaban J connectivity index is 2.05. The van der Waals surface area contributed by atoms with Gasteiger partial charge in [-0.15, -0.1) is 0 Å². The van der Waals surface area contributed by atoms with Gasteiger partial charge in [-0.3, -0.25) is 5.23 Å². The van der Waals surface area contributed by atoms with Crippen LogP contribution in [0.1, 0.15) is 19.8 Å². The molecule has 12 heavy (non-hydrogen) atoms. The Morgan fingerprint density at radius 3 is 2.92 bits per heavy atom. The second-order valence-corrected chi connectivity index (χ2v) is 4.41. The molecule has 1 heterocycles. The molecule has 0 aromatic carbocycles. The fourth-order valence-corrected chi connectivity index (χ4v) is 3.23. The molecule has 1 saturated heterocycles. The molecule has 0 radical (unpaired) electrons. The molecule has 0 amide bonds. The molecule has 2 saturated carbocycles. The Bertz CT molecular complexity index is 232. The molecule has 2 bridgehead atoms. The molecule has 3 aliphatic rings. The van der Waals surface area contributed by atoms with Crippen LogP contribution in [-0.2, 0) is 4.84 Å². The van der Waals surface area contributed by atoms with Gasteiger partial charge in [0.05, 0.1) is 6.10 Å². The lowest BCUT2D eigenvalue weighted by Crippen LogP contribution is -2.44. The Labute approximate surface area is 70.6 Å². The van der Waals surface area contributed by atoms with Crippen molar-refractivity contribution in [1.82, 2.24) is 5.23 Å². The molecule has 5 unspecified atom stereocenters. The van der Waals surface area contributed by atoms with E-state index in [-0.39, 0.29) is 12.0 Å². The number of nitrogens with zero attached hydrogens (tertiary/aromatic N) is 1. The van der Waals surface area contributed by atoms with E-state index < -0.39 is 11.7 Å². The first-order valence-electron chi connectivity index (χ1n) is 4.46. The third kappa shape index (κ3) is 0.567. The predicted octanol–water partition coefficient (Wildman–Crippen LogP) is 0.259. The van der Waals surface area contributed by atoms with E-state index in [1.807, 2.05) is 6.92 Å². The molecule has 5 atom stereocenters. The fraction of sp³-hybridized carbons (Fsp3) is 1.00. The van der Waals surface area contributed by atoms with E-state index in [1.165, 1.54) is 0 Å². The molecule has 68 valence electrons. The van der Waals surface area contributed by atoms with Crippen molar-refractivity contribution in [3.05, 3.63) is 5.21 Å². The summed E-state index contributed by atoms with van der Waals surface area (Å²) in [6.45, 7) is 1.85. The summed E-state index contributed by atoms with van der Waals surface area (Å²) in [7, 11) is 0. The molecule has 3 rings (SSSR count). The van der Waals surface area contributed by atoms with E-state index in [1.54, 1.807) is 0 Å². The number of aliphatic hydroxyl groups excluding tert-OH is 1. The summed E-state index contributed by atoms with van der Waals surface area (Å²) in [5, 5.41) is 21.7. The van der Waals surface area contributed by atoms with Gasteiger partial charge in [-0.05, 0) is 25.7 Å². The number of hydrogen-bond acceptors (Lipinski definition) is 4. The van der Waals surface area contributed by atoms with Crippen molar-refractivity contribution in [1.29, 1.82) is 0 Å². The first-order chi connectivity index (χ1) is 5.63. The van der Waals surface area contributed by atoms with Gasteiger partial charge >= 0.3 is 0 Å². The number of rotatable bonds is 0. The van der Waals surface area contributed by atoms with Crippen LogP contribution in [0.15, 0.2) is 0 Å². The Morgan fingerprint density at radius 2 is 2.33 bits per heavy atom. The summed E-state index contributed by atoms with van der Waals surface area (Å²) in [6.07, 6.45) is 1.34. The van der Waals surface area contributed by atoms with Crippen molar-refractivity contribution in [2.24, 2.45) is 11.8 Å². The highest BCUT2D eigenvalue weighted by atomic mass is 16.9. The van der Waals surface area contributed by atoms with Crippen molar-refractivity contribution < 1.29 is 9.94 Å². The molecule has 0 spiro atoms. The Kier molecular flexibility index (Phi) is 1.12. The van der Waals surface area contributed by atoms with Crippen LogP contribution in [0.3, 0.4) is 0 Å². The average Bonchev–Trinajstić information content (AvgIpc) is 2.56. The number of fused-ring (bicyclic) bond motifs is 1. The maximum absolute atomic E-state index is 11.2. The Hall–Kier alpha value is -0.160. The predicted molar refractivity (Wildman–Crippen MR) is 40.7 cm³/mol. The van der Waals surface area contributed by atoms with Crippen molar-refractivity contribution in [2.75, 3.05) is 0 Å². The summed E-state index contributed by atoms with van der Waals surface area (Å²) in [5.74, 6) is 0.555. The molecule has 4 heteroatoms. The van der Waals surface area contributed by atoms with Crippen LogP contribution in [0.4, 0.5) is 0 Å². The summed E-state index contributed by atoms with van der Waals surface area (Å²) in [6, 6.07) is 0.0170. The van der Waals surface area contributed by atoms with Crippen LogP contribution in [0.25, 0.3) is 0 Å². The van der Waals surface area contributed by atoms with Gasteiger partial charge in [-0.25, -0.2) is 0 Å². The van der Waals surface area contributed by atoms with Crippen molar-refractivity contribution in [3.8, 4) is 0 Å². The van der Waals surface area contributed by atoms with Crippen molar-refractivity contribution in [3.63, 3.8) is 0 Å². The van der Waals surface area contributed by atoms with Gasteiger partial charge in [-0.2, -0.15) is 0 Å². The standard InChI is InChI=1S/C8H12NO3/c1-8-5-2-4(7(8)10)3-6(5)9(11)12-8/h4-7,10H,2-3H2,1H3/q-1. The van der Waals surface area contributed by atoms with E-state index in [9.17, 15) is 10.3 Å². The summed E-state index contributed by atoms with van der Waals surface area (Å²) in [4.78, 5) is 5.17. The monoisotopic (exact) mass is 170 g/mol. The fourth-order valence-electron chi connectivity index (χ4n) is 3.23. The maximum Gasteiger partial charge on any atom is 0.116 e. The first-order valence-corrected chi connectivity index (χ1v) is 4.46. The number of hydrogen-bond donors (Lipinski definition) is 1. The zero-order chi connectivity index (χ0) is 8.51. The lowest BCUT2D eigenvalue weighted by Gasteiger charge is -2.30. The van der Waals surface area contributed by atoms with Gasteiger partial charge < -0.3 is 15.2 Å². The summed E-state index contributed by atoms with van der Waals surface area (Å²) in [5.41, 5.74) is -0.574. The molecule has 0 aromatic rings. The molecule has 1 aliphatic heterocycles. The Morgan fingerprint density at radius 1 is 1.58 bits per heavy atom. The van der Waals surface area contributed by atoms with Gasteiger partial charge in [0.15, 0.2) is 0 Å². The van der Waals surface area contributed by atoms with Crippen LogP contribution < -0.4 is 0 Å². The zero-order valence-corrected chi connectivity index (χ0v) is 6.93. The van der Waals surface area contributed by atoms with Crippen molar-refractivity contribution >= 4 is 0 Å². The minimum atomic E-state index is -0.574. The molecule has 2 aliphatic carbocycles. The van der Waals surface area contributed by atoms with Crippen LogP contribution in [0, 0.1) is 17.0 Å². The average molecular weight is 170 g/mol. The highest BCUT2D eigenvalue weighted by molar-refractivity contribution is 5.14. The smallest absolute Gasteiger partial charge is 0.116 e. The molecular weight excluding hydrogens is 158 g/mol. The third-order valence-corrected chi connectivity index (χ3v) is 3.89. The minimum absolute atomic E-state index is 0.0170. The van der Waals surface area contributed by atoms with Gasteiger partial charge in [0.2, 0.25) is 0 Å². The van der Waals surface area contributed by atoms with E-state index >= 15 is 0 Å². The highest BCUT2D eigenvalue weighted by Gasteiger charge is 2.65. The van der Waals surface area contributed by atoms with E-state index in [0.717, 1.165) is 12.8 Å². The zero-order valence-electron chi connectivity index (χ0n) is 6.93. The number of aliphatic hydroxyl groups is 1. The van der Waals surface area contributed by atoms with E-state index in [2.05, 4.69) is 0 Å². The molecule has 4 nitrogen and oxygen atoms in total. The first kappa shape index (κ1) is 7.26. The maximum atomic E-state index is 11.2. The summed E-state index contributed by atoms with van der Waals surface area (Å²) >= 11 is 0. The van der Waals surface area contributed by atoms with E-state index in [0.29, 0.717) is 11.1 Å². The number of hydroxylamine groups is 2. The molecule has 0 aromatic heterocycles. The van der Waals surface area contributed by atoms with Gasteiger partial charge in [0.1, 0.15) is 5.60 Å². The lowest BCUT2D eigenvalue weighted by atomic mass is 9.82. The molecular formula is C8H12NO3-. The van der Waals surface area contributed by atoms with Crippen LogP contribution in [0.5, 0.6) is 0 Å². The molecule has 1 N–H and O–H groups in total. The highest BCUT2D eigenvalue weighted by Crippen LogP contribution is 2.58. The van der Waals surface area contributed by atoms with Crippen LogP contribution >= 0.6 is 0 Å².